The van der Waals surface area contributed by atoms with Gasteiger partial charge in [0.25, 0.3) is 0 Å². The summed E-state index contributed by atoms with van der Waals surface area (Å²) in [6.07, 6.45) is 0. The molecule has 0 spiro atoms. The number of nitrogens with zero attached hydrogens (tertiary/aromatic N) is 2. The lowest BCUT2D eigenvalue weighted by molar-refractivity contribution is -0.117. The van der Waals surface area contributed by atoms with E-state index in [2.05, 4.69) is 27.6 Å². The number of benzene rings is 1. The highest BCUT2D eigenvalue weighted by Crippen LogP contribution is 2.28. The van der Waals surface area contributed by atoms with Gasteiger partial charge < -0.3 is 5.73 Å². The summed E-state index contributed by atoms with van der Waals surface area (Å²) in [5.74, 6) is 0.576. The smallest absolute Gasteiger partial charge is 0.242 e. The second kappa shape index (κ2) is 6.65. The van der Waals surface area contributed by atoms with E-state index in [1.807, 2.05) is 18.2 Å². The van der Waals surface area contributed by atoms with Crippen molar-refractivity contribution in [1.82, 2.24) is 10.2 Å². The van der Waals surface area contributed by atoms with E-state index < -0.39 is 6.04 Å². The van der Waals surface area contributed by atoms with Crippen LogP contribution in [0.3, 0.4) is 0 Å². The zero-order valence-electron chi connectivity index (χ0n) is 10.4. The van der Waals surface area contributed by atoms with Crippen molar-refractivity contribution < 1.29 is 4.79 Å². The maximum atomic E-state index is 11.4. The van der Waals surface area contributed by atoms with Gasteiger partial charge in [0, 0.05) is 5.75 Å². The van der Waals surface area contributed by atoms with E-state index in [1.54, 1.807) is 18.7 Å². The van der Waals surface area contributed by atoms with Crippen LogP contribution in [0.2, 0.25) is 0 Å². The molecule has 0 radical (unpaired) electrons. The molecule has 1 unspecified atom stereocenters. The number of carbonyl (C=O) groups excluding carboxylic acids is 1. The third-order valence-electron chi connectivity index (χ3n) is 2.26. The highest BCUT2D eigenvalue weighted by Gasteiger charge is 2.11. The van der Waals surface area contributed by atoms with Gasteiger partial charge in [-0.3, -0.25) is 10.1 Å². The van der Waals surface area contributed by atoms with Crippen LogP contribution in [-0.4, -0.2) is 22.1 Å². The van der Waals surface area contributed by atoms with Crippen LogP contribution in [0.5, 0.6) is 0 Å². The van der Waals surface area contributed by atoms with Crippen LogP contribution in [0.15, 0.2) is 34.7 Å². The molecule has 0 bridgehead atoms. The quantitative estimate of drug-likeness (QED) is 0.652. The fourth-order valence-electron chi connectivity index (χ4n) is 1.26. The Kier molecular flexibility index (Phi) is 4.89. The fraction of sp³-hybridized carbons (Fsp3) is 0.250. The second-order valence-corrected chi connectivity index (χ2v) is 6.13. The molecule has 0 aliphatic heterocycles. The average Bonchev–Trinajstić information content (AvgIpc) is 2.85. The molecular formula is C12H14N4OS2. The number of rotatable bonds is 5. The third-order valence-corrected chi connectivity index (χ3v) is 4.30. The van der Waals surface area contributed by atoms with Crippen molar-refractivity contribution in [2.45, 2.75) is 23.1 Å². The first-order chi connectivity index (χ1) is 9.15. The first kappa shape index (κ1) is 14.0. The number of carbonyl (C=O) groups is 1. The Morgan fingerprint density at radius 3 is 2.84 bits per heavy atom. The molecule has 1 aromatic carbocycles. The Morgan fingerprint density at radius 1 is 1.42 bits per heavy atom. The largest absolute Gasteiger partial charge is 0.320 e. The second-order valence-electron chi connectivity index (χ2n) is 3.93. The molecule has 100 valence electrons. The highest BCUT2D eigenvalue weighted by molar-refractivity contribution is 8.00. The van der Waals surface area contributed by atoms with Crippen molar-refractivity contribution in [1.29, 1.82) is 0 Å². The van der Waals surface area contributed by atoms with Gasteiger partial charge in [-0.05, 0) is 12.5 Å². The van der Waals surface area contributed by atoms with Gasteiger partial charge in [0.1, 0.15) is 0 Å². The summed E-state index contributed by atoms with van der Waals surface area (Å²) in [5, 5.41) is 11.0. The maximum absolute atomic E-state index is 11.4. The first-order valence-corrected chi connectivity index (χ1v) is 7.52. The van der Waals surface area contributed by atoms with Gasteiger partial charge in [0.05, 0.1) is 6.04 Å². The minimum absolute atomic E-state index is 0.254. The van der Waals surface area contributed by atoms with Crippen molar-refractivity contribution in [3.8, 4) is 0 Å². The third kappa shape index (κ3) is 4.30. The van der Waals surface area contributed by atoms with Crippen LogP contribution in [0, 0.1) is 0 Å². The summed E-state index contributed by atoms with van der Waals surface area (Å²) in [7, 11) is 0. The van der Waals surface area contributed by atoms with Crippen LogP contribution < -0.4 is 11.1 Å². The molecule has 0 aliphatic rings. The van der Waals surface area contributed by atoms with Crippen LogP contribution in [-0.2, 0) is 10.5 Å². The van der Waals surface area contributed by atoms with Crippen molar-refractivity contribution in [2.75, 3.05) is 5.32 Å². The van der Waals surface area contributed by atoms with Gasteiger partial charge in [-0.1, -0.05) is 53.4 Å². The molecule has 19 heavy (non-hydrogen) atoms. The molecule has 5 nitrogen and oxygen atoms in total. The summed E-state index contributed by atoms with van der Waals surface area (Å²) in [6.45, 7) is 1.63. The molecule has 1 amide bonds. The molecule has 0 saturated heterocycles. The van der Waals surface area contributed by atoms with Gasteiger partial charge >= 0.3 is 0 Å². The van der Waals surface area contributed by atoms with Crippen molar-refractivity contribution >= 4 is 34.1 Å². The van der Waals surface area contributed by atoms with Gasteiger partial charge in [0.2, 0.25) is 11.0 Å². The molecule has 2 rings (SSSR count). The molecular weight excluding hydrogens is 280 g/mol. The molecule has 0 fully saturated rings. The summed E-state index contributed by atoms with van der Waals surface area (Å²) < 4.78 is 0.823. The molecule has 1 atom stereocenters. The normalized spacial score (nSPS) is 12.1. The standard InChI is InChI=1S/C12H14N4OS2/c1-8(13)10(17)14-11-15-16-12(19-11)18-7-9-5-3-2-4-6-9/h2-6,8H,7,13H2,1H3,(H,14,15,17). The number of nitrogens with one attached hydrogen (secondary N) is 1. The van der Waals surface area contributed by atoms with E-state index in [0.717, 1.165) is 10.1 Å². The molecule has 1 aromatic heterocycles. The number of thioether (sulfide) groups is 1. The van der Waals surface area contributed by atoms with E-state index in [1.165, 1.54) is 16.9 Å². The van der Waals surface area contributed by atoms with Crippen molar-refractivity contribution in [3.05, 3.63) is 35.9 Å². The molecule has 3 N–H and O–H groups in total. The highest BCUT2D eigenvalue weighted by atomic mass is 32.2. The summed E-state index contributed by atoms with van der Waals surface area (Å²) in [6, 6.07) is 9.57. The number of hydrogen-bond donors (Lipinski definition) is 2. The van der Waals surface area contributed by atoms with E-state index in [4.69, 9.17) is 5.73 Å². The Hall–Kier alpha value is -1.44. The Balaban J connectivity index is 1.89. The summed E-state index contributed by atoms with van der Waals surface area (Å²) in [5.41, 5.74) is 6.69. The Morgan fingerprint density at radius 2 is 2.16 bits per heavy atom. The summed E-state index contributed by atoms with van der Waals surface area (Å²) in [4.78, 5) is 11.4. The zero-order valence-corrected chi connectivity index (χ0v) is 12.0. The number of nitrogens with two attached hydrogens (primary N) is 1. The number of anilines is 1. The van der Waals surface area contributed by atoms with Crippen molar-refractivity contribution in [2.24, 2.45) is 5.73 Å². The van der Waals surface area contributed by atoms with Gasteiger partial charge in [0.15, 0.2) is 4.34 Å². The Labute approximate surface area is 119 Å². The van der Waals surface area contributed by atoms with Crippen molar-refractivity contribution in [3.63, 3.8) is 0 Å². The molecule has 1 heterocycles. The van der Waals surface area contributed by atoms with Crippen LogP contribution in [0.25, 0.3) is 0 Å². The predicted octanol–water partition coefficient (Wildman–Crippen LogP) is 2.12. The molecule has 7 heteroatoms. The molecule has 0 aliphatic carbocycles. The van der Waals surface area contributed by atoms with E-state index in [9.17, 15) is 4.79 Å². The monoisotopic (exact) mass is 294 g/mol. The lowest BCUT2D eigenvalue weighted by atomic mass is 10.2. The zero-order chi connectivity index (χ0) is 13.7. The van der Waals surface area contributed by atoms with Crippen LogP contribution in [0.1, 0.15) is 12.5 Å². The number of amides is 1. The summed E-state index contributed by atoms with van der Waals surface area (Å²) >= 11 is 2.94. The number of hydrogen-bond acceptors (Lipinski definition) is 6. The first-order valence-electron chi connectivity index (χ1n) is 5.72. The van der Waals surface area contributed by atoms with Gasteiger partial charge in [-0.25, -0.2) is 0 Å². The fourth-order valence-corrected chi connectivity index (χ4v) is 2.97. The van der Waals surface area contributed by atoms with Gasteiger partial charge in [-0.15, -0.1) is 10.2 Å². The minimum atomic E-state index is -0.552. The maximum Gasteiger partial charge on any atom is 0.242 e. The Bertz CT molecular complexity index is 542. The number of aromatic nitrogens is 2. The molecule has 0 saturated carbocycles. The minimum Gasteiger partial charge on any atom is -0.320 e. The molecule has 2 aromatic rings. The van der Waals surface area contributed by atoms with Crippen LogP contribution in [0.4, 0.5) is 5.13 Å². The lowest BCUT2D eigenvalue weighted by Crippen LogP contribution is -2.32. The van der Waals surface area contributed by atoms with Crippen LogP contribution >= 0.6 is 23.1 Å². The topological polar surface area (TPSA) is 80.9 Å². The predicted molar refractivity (Wildman–Crippen MR) is 78.2 cm³/mol. The van der Waals surface area contributed by atoms with E-state index in [0.29, 0.717) is 5.13 Å². The average molecular weight is 294 g/mol. The SMILES string of the molecule is CC(N)C(=O)Nc1nnc(SCc2ccccc2)s1. The van der Waals surface area contributed by atoms with E-state index in [-0.39, 0.29) is 5.91 Å². The van der Waals surface area contributed by atoms with Gasteiger partial charge in [-0.2, -0.15) is 0 Å². The van der Waals surface area contributed by atoms with E-state index >= 15 is 0 Å². The lowest BCUT2D eigenvalue weighted by Gasteiger charge is -2.02.